The SMILES string of the molecule is N#Cc1cc2[nH]c(=O)c3cncn3c2cc1Br. The maximum atomic E-state index is 11.7. The van der Waals surface area contributed by atoms with Gasteiger partial charge in [-0.2, -0.15) is 5.26 Å². The molecule has 0 saturated carbocycles. The van der Waals surface area contributed by atoms with Crippen molar-refractivity contribution in [3.63, 3.8) is 0 Å². The van der Waals surface area contributed by atoms with E-state index in [0.29, 0.717) is 21.1 Å². The Morgan fingerprint density at radius 1 is 1.41 bits per heavy atom. The molecule has 0 amide bonds. The van der Waals surface area contributed by atoms with Crippen LogP contribution in [0.4, 0.5) is 0 Å². The van der Waals surface area contributed by atoms with E-state index in [0.717, 1.165) is 5.52 Å². The molecule has 0 bridgehead atoms. The quantitative estimate of drug-likeness (QED) is 0.686. The summed E-state index contributed by atoms with van der Waals surface area (Å²) in [4.78, 5) is 18.4. The van der Waals surface area contributed by atoms with Crippen LogP contribution in [0.1, 0.15) is 5.56 Å². The van der Waals surface area contributed by atoms with Crippen LogP contribution in [-0.4, -0.2) is 14.4 Å². The van der Waals surface area contributed by atoms with Gasteiger partial charge in [0, 0.05) is 4.47 Å². The lowest BCUT2D eigenvalue weighted by atomic mass is 10.2. The van der Waals surface area contributed by atoms with E-state index in [1.807, 2.05) is 0 Å². The maximum Gasteiger partial charge on any atom is 0.274 e. The molecule has 1 N–H and O–H groups in total. The Kier molecular flexibility index (Phi) is 2.03. The van der Waals surface area contributed by atoms with Crippen molar-refractivity contribution in [3.8, 4) is 6.07 Å². The first-order chi connectivity index (χ1) is 8.20. The number of benzene rings is 1. The molecule has 5 nitrogen and oxygen atoms in total. The Morgan fingerprint density at radius 3 is 3.00 bits per heavy atom. The number of rotatable bonds is 0. The Balaban J connectivity index is 2.61. The summed E-state index contributed by atoms with van der Waals surface area (Å²) in [6.45, 7) is 0. The van der Waals surface area contributed by atoms with E-state index in [1.54, 1.807) is 22.9 Å². The topological polar surface area (TPSA) is 73.9 Å². The van der Waals surface area contributed by atoms with Crippen molar-refractivity contribution in [1.82, 2.24) is 14.4 Å². The number of hydrogen-bond acceptors (Lipinski definition) is 3. The fourth-order valence-electron chi connectivity index (χ4n) is 1.79. The summed E-state index contributed by atoms with van der Waals surface area (Å²) in [5, 5.41) is 8.93. The third-order valence-electron chi connectivity index (χ3n) is 2.58. The molecule has 0 unspecified atom stereocenters. The van der Waals surface area contributed by atoms with Crippen molar-refractivity contribution < 1.29 is 0 Å². The number of aromatic amines is 1. The van der Waals surface area contributed by atoms with Crippen molar-refractivity contribution in [2.75, 3.05) is 0 Å². The number of halogens is 1. The second kappa shape index (κ2) is 3.43. The third-order valence-corrected chi connectivity index (χ3v) is 3.24. The molecule has 0 spiro atoms. The summed E-state index contributed by atoms with van der Waals surface area (Å²) in [5.74, 6) is 0. The van der Waals surface area contributed by atoms with Gasteiger partial charge in [-0.1, -0.05) is 0 Å². The molecular weight excluding hydrogens is 284 g/mol. The van der Waals surface area contributed by atoms with Crippen molar-refractivity contribution >= 4 is 32.5 Å². The van der Waals surface area contributed by atoms with Gasteiger partial charge in [0.2, 0.25) is 0 Å². The van der Waals surface area contributed by atoms with Crippen LogP contribution in [0.3, 0.4) is 0 Å². The van der Waals surface area contributed by atoms with Gasteiger partial charge in [0.25, 0.3) is 5.56 Å². The normalized spacial score (nSPS) is 10.8. The van der Waals surface area contributed by atoms with Crippen molar-refractivity contribution in [2.45, 2.75) is 0 Å². The number of nitrogens with zero attached hydrogens (tertiary/aromatic N) is 3. The van der Waals surface area contributed by atoms with Gasteiger partial charge in [-0.3, -0.25) is 9.20 Å². The Bertz CT molecular complexity index is 840. The van der Waals surface area contributed by atoms with E-state index in [-0.39, 0.29) is 5.56 Å². The highest BCUT2D eigenvalue weighted by Gasteiger charge is 2.08. The molecule has 0 saturated heterocycles. The predicted molar refractivity (Wildman–Crippen MR) is 65.7 cm³/mol. The monoisotopic (exact) mass is 288 g/mol. The van der Waals surface area contributed by atoms with Crippen LogP contribution >= 0.6 is 15.9 Å². The van der Waals surface area contributed by atoms with E-state index < -0.39 is 0 Å². The Labute approximate surface area is 103 Å². The van der Waals surface area contributed by atoms with Crippen LogP contribution in [-0.2, 0) is 0 Å². The summed E-state index contributed by atoms with van der Waals surface area (Å²) >= 11 is 3.32. The van der Waals surface area contributed by atoms with Crippen LogP contribution in [0.15, 0.2) is 33.9 Å². The molecular formula is C11H5BrN4O. The standard InChI is InChI=1S/C11H5BrN4O/c12-7-2-9-8(1-6(7)3-13)15-11(17)10-4-14-5-16(9)10/h1-2,4-5H,(H,15,17). The maximum absolute atomic E-state index is 11.7. The average molecular weight is 289 g/mol. The van der Waals surface area contributed by atoms with Crippen LogP contribution in [0.5, 0.6) is 0 Å². The number of H-pyrrole nitrogens is 1. The molecule has 0 aliphatic rings. The van der Waals surface area contributed by atoms with Crippen LogP contribution < -0.4 is 5.56 Å². The van der Waals surface area contributed by atoms with E-state index in [2.05, 4.69) is 32.0 Å². The first-order valence-electron chi connectivity index (χ1n) is 4.78. The lowest BCUT2D eigenvalue weighted by Gasteiger charge is -2.03. The molecule has 0 atom stereocenters. The zero-order valence-electron chi connectivity index (χ0n) is 8.44. The summed E-state index contributed by atoms with van der Waals surface area (Å²) in [6, 6.07) is 5.48. The molecule has 2 heterocycles. The van der Waals surface area contributed by atoms with Gasteiger partial charge in [-0.15, -0.1) is 0 Å². The van der Waals surface area contributed by atoms with Crippen LogP contribution in [0.25, 0.3) is 16.6 Å². The minimum absolute atomic E-state index is 0.221. The third kappa shape index (κ3) is 1.36. The lowest BCUT2D eigenvalue weighted by molar-refractivity contribution is 1.16. The van der Waals surface area contributed by atoms with Gasteiger partial charge < -0.3 is 4.98 Å². The highest BCUT2D eigenvalue weighted by Crippen LogP contribution is 2.22. The average Bonchev–Trinajstić information content (AvgIpc) is 2.79. The molecule has 0 aliphatic heterocycles. The predicted octanol–water partition coefficient (Wildman–Crippen LogP) is 1.81. The number of hydrogen-bond donors (Lipinski definition) is 1. The molecule has 6 heteroatoms. The van der Waals surface area contributed by atoms with E-state index in [4.69, 9.17) is 5.26 Å². The minimum Gasteiger partial charge on any atom is -0.319 e. The fourth-order valence-corrected chi connectivity index (χ4v) is 2.21. The smallest absolute Gasteiger partial charge is 0.274 e. The van der Waals surface area contributed by atoms with Gasteiger partial charge in [0.05, 0.1) is 29.1 Å². The lowest BCUT2D eigenvalue weighted by Crippen LogP contribution is -2.09. The Morgan fingerprint density at radius 2 is 2.24 bits per heavy atom. The second-order valence-corrected chi connectivity index (χ2v) is 4.42. The van der Waals surface area contributed by atoms with Gasteiger partial charge in [0.1, 0.15) is 11.6 Å². The number of aromatic nitrogens is 3. The molecule has 3 aromatic rings. The number of nitrogens with one attached hydrogen (secondary N) is 1. The summed E-state index contributed by atoms with van der Waals surface area (Å²) in [6.07, 6.45) is 3.08. The molecule has 3 rings (SSSR count). The highest BCUT2D eigenvalue weighted by molar-refractivity contribution is 9.10. The molecule has 1 aromatic carbocycles. The zero-order chi connectivity index (χ0) is 12.0. The molecule has 17 heavy (non-hydrogen) atoms. The molecule has 0 radical (unpaired) electrons. The van der Waals surface area contributed by atoms with Crippen LogP contribution in [0, 0.1) is 11.3 Å². The largest absolute Gasteiger partial charge is 0.319 e. The summed E-state index contributed by atoms with van der Waals surface area (Å²) < 4.78 is 2.38. The van der Waals surface area contributed by atoms with Gasteiger partial charge in [0.15, 0.2) is 0 Å². The van der Waals surface area contributed by atoms with Gasteiger partial charge in [-0.05, 0) is 28.1 Å². The first-order valence-corrected chi connectivity index (χ1v) is 5.57. The number of imidazole rings is 1. The van der Waals surface area contributed by atoms with Gasteiger partial charge >= 0.3 is 0 Å². The zero-order valence-corrected chi connectivity index (χ0v) is 10.0. The molecule has 82 valence electrons. The highest BCUT2D eigenvalue weighted by atomic mass is 79.9. The van der Waals surface area contributed by atoms with Crippen LogP contribution in [0.2, 0.25) is 0 Å². The summed E-state index contributed by atoms with van der Waals surface area (Å²) in [5.41, 5.74) is 2.14. The van der Waals surface area contributed by atoms with E-state index >= 15 is 0 Å². The molecule has 0 aliphatic carbocycles. The number of nitriles is 1. The molecule has 0 fully saturated rings. The number of fused-ring (bicyclic) bond motifs is 3. The van der Waals surface area contributed by atoms with Crippen molar-refractivity contribution in [3.05, 3.63) is 45.0 Å². The first kappa shape index (κ1) is 10.1. The van der Waals surface area contributed by atoms with Crippen molar-refractivity contribution in [1.29, 1.82) is 5.26 Å². The summed E-state index contributed by atoms with van der Waals surface area (Å²) in [7, 11) is 0. The van der Waals surface area contributed by atoms with E-state index in [9.17, 15) is 4.79 Å². The minimum atomic E-state index is -0.221. The second-order valence-electron chi connectivity index (χ2n) is 3.56. The van der Waals surface area contributed by atoms with Crippen molar-refractivity contribution in [2.24, 2.45) is 0 Å². The Hall–Kier alpha value is -2.13. The fraction of sp³-hybridized carbons (Fsp3) is 0. The van der Waals surface area contributed by atoms with Gasteiger partial charge in [-0.25, -0.2) is 4.98 Å². The molecule has 2 aromatic heterocycles. The van der Waals surface area contributed by atoms with E-state index in [1.165, 1.54) is 6.20 Å².